The Morgan fingerprint density at radius 3 is 2.60 bits per heavy atom. The van der Waals surface area contributed by atoms with Crippen molar-refractivity contribution in [3.8, 4) is 11.6 Å². The van der Waals surface area contributed by atoms with E-state index in [-0.39, 0.29) is 0 Å². The number of aromatic nitrogens is 1. The number of benzene rings is 1. The average Bonchev–Trinajstić information content (AvgIpc) is 2.38. The molecule has 0 aliphatic heterocycles. The molecule has 2 aromatic rings. The van der Waals surface area contributed by atoms with Gasteiger partial charge in [0.2, 0.25) is 5.88 Å². The number of halogens is 1. The number of rotatable bonds is 4. The molecule has 1 heterocycles. The third-order valence-electron chi connectivity index (χ3n) is 3.12. The lowest BCUT2D eigenvalue weighted by Crippen LogP contribution is -2.08. The molecule has 0 unspecified atom stereocenters. The lowest BCUT2D eigenvalue weighted by Gasteiger charge is -2.15. The maximum absolute atomic E-state index is 6.01. The first-order valence-electron chi connectivity index (χ1n) is 6.49. The molecule has 0 atom stereocenters. The molecule has 0 saturated carbocycles. The van der Waals surface area contributed by atoms with Crippen LogP contribution in [0.2, 0.25) is 0 Å². The van der Waals surface area contributed by atoms with Gasteiger partial charge < -0.3 is 9.64 Å². The van der Waals surface area contributed by atoms with Crippen molar-refractivity contribution in [3.63, 3.8) is 0 Å². The van der Waals surface area contributed by atoms with Crippen LogP contribution in [0.5, 0.6) is 11.6 Å². The Morgan fingerprint density at radius 2 is 1.95 bits per heavy atom. The summed E-state index contributed by atoms with van der Waals surface area (Å²) in [5, 5.41) is 0. The van der Waals surface area contributed by atoms with Crippen molar-refractivity contribution in [3.05, 3.63) is 47.2 Å². The molecular formula is C16H19ClN2O. The van der Waals surface area contributed by atoms with Crippen LogP contribution in [0.25, 0.3) is 0 Å². The maximum Gasteiger partial charge on any atom is 0.224 e. The van der Waals surface area contributed by atoms with Gasteiger partial charge >= 0.3 is 0 Å². The fourth-order valence-corrected chi connectivity index (χ4v) is 2.34. The van der Waals surface area contributed by atoms with Gasteiger partial charge in [0.15, 0.2) is 0 Å². The van der Waals surface area contributed by atoms with E-state index in [4.69, 9.17) is 16.3 Å². The molecule has 0 aliphatic carbocycles. The molecule has 0 spiro atoms. The van der Waals surface area contributed by atoms with Crippen LogP contribution < -0.4 is 9.64 Å². The number of pyridine rings is 1. The molecule has 1 aromatic carbocycles. The van der Waals surface area contributed by atoms with Crippen LogP contribution in [0.4, 0.5) is 5.69 Å². The lowest BCUT2D eigenvalue weighted by molar-refractivity contribution is 0.456. The summed E-state index contributed by atoms with van der Waals surface area (Å²) in [5.74, 6) is 1.75. The normalized spacial score (nSPS) is 10.4. The molecule has 4 heteroatoms. The Hall–Kier alpha value is -1.74. The molecule has 20 heavy (non-hydrogen) atoms. The third kappa shape index (κ3) is 3.23. The van der Waals surface area contributed by atoms with E-state index in [0.29, 0.717) is 11.8 Å². The van der Waals surface area contributed by atoms with Gasteiger partial charge in [-0.15, -0.1) is 11.6 Å². The second kappa shape index (κ2) is 6.14. The van der Waals surface area contributed by atoms with Crippen molar-refractivity contribution >= 4 is 17.3 Å². The van der Waals surface area contributed by atoms with E-state index in [0.717, 1.165) is 28.3 Å². The molecule has 0 amide bonds. The molecule has 0 aliphatic rings. The quantitative estimate of drug-likeness (QED) is 0.785. The predicted molar refractivity (Wildman–Crippen MR) is 84.1 cm³/mol. The Bertz CT molecular complexity index is 611. The highest BCUT2D eigenvalue weighted by Gasteiger charge is 2.10. The summed E-state index contributed by atoms with van der Waals surface area (Å²) >= 11 is 6.01. The third-order valence-corrected chi connectivity index (χ3v) is 3.39. The van der Waals surface area contributed by atoms with Gasteiger partial charge in [0.1, 0.15) is 5.75 Å². The van der Waals surface area contributed by atoms with Crippen molar-refractivity contribution in [2.75, 3.05) is 19.0 Å². The SMILES string of the molecule is Cc1cc(C)c(CCl)c(Oc2cccc(N(C)C)c2)n1. The Morgan fingerprint density at radius 1 is 1.20 bits per heavy atom. The molecule has 0 saturated heterocycles. The summed E-state index contributed by atoms with van der Waals surface area (Å²) < 4.78 is 5.93. The van der Waals surface area contributed by atoms with Crippen LogP contribution >= 0.6 is 11.6 Å². The van der Waals surface area contributed by atoms with Crippen LogP contribution in [-0.2, 0) is 5.88 Å². The van der Waals surface area contributed by atoms with Gasteiger partial charge in [0.25, 0.3) is 0 Å². The summed E-state index contributed by atoms with van der Waals surface area (Å²) in [7, 11) is 4.00. The standard InChI is InChI=1S/C16H19ClN2O/c1-11-8-12(2)18-16(15(11)10-17)20-14-7-5-6-13(9-14)19(3)4/h5-9H,10H2,1-4H3. The van der Waals surface area contributed by atoms with E-state index in [1.54, 1.807) is 0 Å². The first-order chi connectivity index (χ1) is 9.51. The average molecular weight is 291 g/mol. The van der Waals surface area contributed by atoms with Gasteiger partial charge in [-0.25, -0.2) is 4.98 Å². The predicted octanol–water partition coefficient (Wildman–Crippen LogP) is 4.30. The topological polar surface area (TPSA) is 25.4 Å². The fraction of sp³-hybridized carbons (Fsp3) is 0.312. The largest absolute Gasteiger partial charge is 0.439 e. The van der Waals surface area contributed by atoms with Crippen LogP contribution in [0.15, 0.2) is 30.3 Å². The first-order valence-corrected chi connectivity index (χ1v) is 7.03. The summed E-state index contributed by atoms with van der Waals surface area (Å²) in [4.78, 5) is 6.49. The fourth-order valence-electron chi connectivity index (χ4n) is 2.01. The molecule has 0 fully saturated rings. The monoisotopic (exact) mass is 290 g/mol. The Labute approximate surface area is 125 Å². The van der Waals surface area contributed by atoms with Gasteiger partial charge in [-0.3, -0.25) is 0 Å². The van der Waals surface area contributed by atoms with Crippen LogP contribution in [0.3, 0.4) is 0 Å². The molecule has 2 rings (SSSR count). The van der Waals surface area contributed by atoms with Crippen LogP contribution in [0, 0.1) is 13.8 Å². The molecule has 0 N–H and O–H groups in total. The van der Waals surface area contributed by atoms with Crippen molar-refractivity contribution in [1.82, 2.24) is 4.98 Å². The van der Waals surface area contributed by atoms with Crippen molar-refractivity contribution in [2.24, 2.45) is 0 Å². The molecule has 0 bridgehead atoms. The number of anilines is 1. The highest BCUT2D eigenvalue weighted by Crippen LogP contribution is 2.29. The molecule has 106 valence electrons. The van der Waals surface area contributed by atoms with Crippen LogP contribution in [-0.4, -0.2) is 19.1 Å². The summed E-state index contributed by atoms with van der Waals surface area (Å²) in [6.45, 7) is 3.98. The lowest BCUT2D eigenvalue weighted by atomic mass is 10.1. The summed E-state index contributed by atoms with van der Waals surface area (Å²) in [5.41, 5.74) is 4.05. The maximum atomic E-state index is 6.01. The zero-order chi connectivity index (χ0) is 14.7. The summed E-state index contributed by atoms with van der Waals surface area (Å²) in [6, 6.07) is 9.92. The second-order valence-electron chi connectivity index (χ2n) is 4.99. The number of aryl methyl sites for hydroxylation is 2. The van der Waals surface area contributed by atoms with E-state index in [9.17, 15) is 0 Å². The smallest absolute Gasteiger partial charge is 0.224 e. The van der Waals surface area contributed by atoms with Gasteiger partial charge in [-0.05, 0) is 37.6 Å². The number of hydrogen-bond donors (Lipinski definition) is 0. The second-order valence-corrected chi connectivity index (χ2v) is 5.26. The number of hydrogen-bond acceptors (Lipinski definition) is 3. The first kappa shape index (κ1) is 14.7. The molecular weight excluding hydrogens is 272 g/mol. The van der Waals surface area contributed by atoms with Gasteiger partial charge in [-0.1, -0.05) is 6.07 Å². The van der Waals surface area contributed by atoms with Gasteiger partial charge in [0, 0.05) is 37.1 Å². The minimum absolute atomic E-state index is 0.391. The zero-order valence-corrected chi connectivity index (χ0v) is 13.0. The Balaban J connectivity index is 2.37. The number of alkyl halides is 1. The molecule has 3 nitrogen and oxygen atoms in total. The van der Waals surface area contributed by atoms with Crippen molar-refractivity contribution in [1.29, 1.82) is 0 Å². The summed E-state index contributed by atoms with van der Waals surface area (Å²) in [6.07, 6.45) is 0. The van der Waals surface area contributed by atoms with Crippen LogP contribution in [0.1, 0.15) is 16.8 Å². The van der Waals surface area contributed by atoms with Gasteiger partial charge in [0.05, 0.1) is 5.88 Å². The van der Waals surface area contributed by atoms with Gasteiger partial charge in [-0.2, -0.15) is 0 Å². The van der Waals surface area contributed by atoms with E-state index < -0.39 is 0 Å². The van der Waals surface area contributed by atoms with E-state index >= 15 is 0 Å². The van der Waals surface area contributed by atoms with E-state index in [1.807, 2.05) is 63.2 Å². The number of nitrogens with zero attached hydrogens (tertiary/aromatic N) is 2. The van der Waals surface area contributed by atoms with Crippen molar-refractivity contribution in [2.45, 2.75) is 19.7 Å². The molecule has 1 aromatic heterocycles. The number of ether oxygens (including phenoxy) is 1. The van der Waals surface area contributed by atoms with E-state index in [2.05, 4.69) is 4.98 Å². The van der Waals surface area contributed by atoms with Crippen molar-refractivity contribution < 1.29 is 4.74 Å². The molecule has 0 radical (unpaired) electrons. The minimum Gasteiger partial charge on any atom is -0.439 e. The Kier molecular flexibility index (Phi) is 4.50. The minimum atomic E-state index is 0.391. The highest BCUT2D eigenvalue weighted by molar-refractivity contribution is 6.17. The highest BCUT2D eigenvalue weighted by atomic mass is 35.5. The zero-order valence-electron chi connectivity index (χ0n) is 12.3. The van der Waals surface area contributed by atoms with E-state index in [1.165, 1.54) is 0 Å².